The van der Waals surface area contributed by atoms with Crippen LogP contribution in [0, 0.1) is 0 Å². The second-order valence-electron chi connectivity index (χ2n) is 3.97. The minimum Gasteiger partial charge on any atom is -0.284 e. The number of aromatic nitrogens is 2. The van der Waals surface area contributed by atoms with Crippen molar-refractivity contribution in [2.45, 2.75) is 6.92 Å². The standard InChI is InChI=1S/C13H11Cl2N3O/c1-8(19)18(2)13-16-6-9(7-17-13)11-4-3-10(14)5-12(11)15/h3-7H,1-2H3. The SMILES string of the molecule is CC(=O)N(C)c1ncc(-c2ccc(Cl)cc2Cl)cn1. The molecule has 6 heteroatoms. The molecule has 98 valence electrons. The number of hydrogen-bond acceptors (Lipinski definition) is 3. The van der Waals surface area contributed by atoms with Gasteiger partial charge in [-0.25, -0.2) is 9.97 Å². The van der Waals surface area contributed by atoms with Crippen LogP contribution in [0.15, 0.2) is 30.6 Å². The zero-order valence-electron chi connectivity index (χ0n) is 10.4. The molecule has 1 heterocycles. The molecule has 0 aliphatic carbocycles. The van der Waals surface area contributed by atoms with Crippen LogP contribution in [0.5, 0.6) is 0 Å². The minimum absolute atomic E-state index is 0.128. The summed E-state index contributed by atoms with van der Waals surface area (Å²) in [6, 6.07) is 5.21. The summed E-state index contributed by atoms with van der Waals surface area (Å²) in [7, 11) is 1.62. The van der Waals surface area contributed by atoms with Gasteiger partial charge in [-0.15, -0.1) is 0 Å². The number of rotatable bonds is 2. The molecule has 0 N–H and O–H groups in total. The van der Waals surface area contributed by atoms with Crippen LogP contribution < -0.4 is 4.90 Å². The third-order valence-electron chi connectivity index (χ3n) is 2.65. The van der Waals surface area contributed by atoms with E-state index in [1.807, 2.05) is 0 Å². The predicted octanol–water partition coefficient (Wildman–Crippen LogP) is 3.43. The highest BCUT2D eigenvalue weighted by Gasteiger charge is 2.10. The Morgan fingerprint density at radius 2 is 1.84 bits per heavy atom. The van der Waals surface area contributed by atoms with Gasteiger partial charge in [-0.1, -0.05) is 29.3 Å². The van der Waals surface area contributed by atoms with Crippen molar-refractivity contribution in [1.82, 2.24) is 9.97 Å². The number of nitrogens with zero attached hydrogens (tertiary/aromatic N) is 3. The second-order valence-corrected chi connectivity index (χ2v) is 4.82. The Bertz CT molecular complexity index is 614. The molecule has 19 heavy (non-hydrogen) atoms. The van der Waals surface area contributed by atoms with E-state index >= 15 is 0 Å². The van der Waals surface area contributed by atoms with Gasteiger partial charge < -0.3 is 0 Å². The molecule has 2 rings (SSSR count). The number of carbonyl (C=O) groups is 1. The molecule has 0 aliphatic heterocycles. The molecule has 0 fully saturated rings. The third-order valence-corrected chi connectivity index (χ3v) is 3.20. The first-order valence-corrected chi connectivity index (χ1v) is 6.26. The van der Waals surface area contributed by atoms with Gasteiger partial charge in [-0.2, -0.15) is 0 Å². The van der Waals surface area contributed by atoms with Gasteiger partial charge in [0.1, 0.15) is 0 Å². The molecule has 1 aromatic heterocycles. The second kappa shape index (κ2) is 5.55. The molecule has 2 aromatic rings. The maximum absolute atomic E-state index is 11.2. The normalized spacial score (nSPS) is 10.3. The Morgan fingerprint density at radius 1 is 1.21 bits per heavy atom. The number of benzene rings is 1. The van der Waals surface area contributed by atoms with Crippen molar-refractivity contribution >= 4 is 35.1 Å². The summed E-state index contributed by atoms with van der Waals surface area (Å²) in [5.74, 6) is 0.221. The quantitative estimate of drug-likeness (QED) is 0.853. The van der Waals surface area contributed by atoms with Crippen LogP contribution in [0.4, 0.5) is 5.95 Å². The van der Waals surface area contributed by atoms with Gasteiger partial charge in [-0.05, 0) is 12.1 Å². The van der Waals surface area contributed by atoms with Crippen LogP contribution in [-0.4, -0.2) is 22.9 Å². The van der Waals surface area contributed by atoms with Crippen molar-refractivity contribution in [3.05, 3.63) is 40.6 Å². The lowest BCUT2D eigenvalue weighted by Gasteiger charge is -2.12. The van der Waals surface area contributed by atoms with Crippen molar-refractivity contribution in [3.63, 3.8) is 0 Å². The van der Waals surface area contributed by atoms with Gasteiger partial charge in [0.2, 0.25) is 11.9 Å². The zero-order valence-corrected chi connectivity index (χ0v) is 11.9. The molecule has 1 amide bonds. The molecule has 0 atom stereocenters. The van der Waals surface area contributed by atoms with Crippen molar-refractivity contribution in [2.24, 2.45) is 0 Å². The van der Waals surface area contributed by atoms with Gasteiger partial charge in [0.05, 0.1) is 0 Å². The molecule has 0 saturated carbocycles. The molecule has 0 saturated heterocycles. The number of hydrogen-bond donors (Lipinski definition) is 0. The minimum atomic E-state index is -0.128. The fraction of sp³-hybridized carbons (Fsp3) is 0.154. The number of halogens is 2. The van der Waals surface area contributed by atoms with E-state index < -0.39 is 0 Å². The molecular weight excluding hydrogens is 285 g/mol. The molecule has 0 unspecified atom stereocenters. The Morgan fingerprint density at radius 3 is 2.37 bits per heavy atom. The largest absolute Gasteiger partial charge is 0.284 e. The van der Waals surface area contributed by atoms with Gasteiger partial charge in [-0.3, -0.25) is 9.69 Å². The van der Waals surface area contributed by atoms with Crippen molar-refractivity contribution in [2.75, 3.05) is 11.9 Å². The van der Waals surface area contributed by atoms with E-state index in [1.54, 1.807) is 37.6 Å². The Hall–Kier alpha value is -1.65. The maximum atomic E-state index is 11.2. The summed E-state index contributed by atoms with van der Waals surface area (Å²) in [5.41, 5.74) is 1.56. The first kappa shape index (κ1) is 13.8. The average Bonchev–Trinajstić information content (AvgIpc) is 2.38. The summed E-state index contributed by atoms with van der Waals surface area (Å²) < 4.78 is 0. The summed E-state index contributed by atoms with van der Waals surface area (Å²) in [6.07, 6.45) is 3.24. The first-order chi connectivity index (χ1) is 8.99. The maximum Gasteiger partial charge on any atom is 0.231 e. The van der Waals surface area contributed by atoms with Crippen LogP contribution in [0.2, 0.25) is 10.0 Å². The summed E-state index contributed by atoms with van der Waals surface area (Å²) >= 11 is 12.0. The van der Waals surface area contributed by atoms with Crippen molar-refractivity contribution in [1.29, 1.82) is 0 Å². The van der Waals surface area contributed by atoms with E-state index in [1.165, 1.54) is 11.8 Å². The topological polar surface area (TPSA) is 46.1 Å². The first-order valence-electron chi connectivity index (χ1n) is 5.51. The third kappa shape index (κ3) is 3.03. The van der Waals surface area contributed by atoms with Crippen LogP contribution >= 0.6 is 23.2 Å². The molecule has 0 bridgehead atoms. The van der Waals surface area contributed by atoms with E-state index in [-0.39, 0.29) is 5.91 Å². The lowest BCUT2D eigenvalue weighted by Crippen LogP contribution is -2.24. The zero-order chi connectivity index (χ0) is 14.0. The Balaban J connectivity index is 2.35. The average molecular weight is 296 g/mol. The van der Waals surface area contributed by atoms with E-state index in [4.69, 9.17) is 23.2 Å². The highest BCUT2D eigenvalue weighted by molar-refractivity contribution is 6.36. The summed E-state index contributed by atoms with van der Waals surface area (Å²) in [4.78, 5) is 20.9. The van der Waals surface area contributed by atoms with Crippen LogP contribution in [-0.2, 0) is 4.79 Å². The highest BCUT2D eigenvalue weighted by atomic mass is 35.5. The molecule has 0 spiro atoms. The lowest BCUT2D eigenvalue weighted by atomic mass is 10.1. The lowest BCUT2D eigenvalue weighted by molar-refractivity contribution is -0.116. The molecule has 4 nitrogen and oxygen atoms in total. The fourth-order valence-corrected chi connectivity index (χ4v) is 2.02. The Kier molecular flexibility index (Phi) is 4.02. The Labute approximate surface area is 121 Å². The molecular formula is C13H11Cl2N3O. The smallest absolute Gasteiger partial charge is 0.231 e. The van der Waals surface area contributed by atoms with Gasteiger partial charge >= 0.3 is 0 Å². The molecule has 0 radical (unpaired) electrons. The monoisotopic (exact) mass is 295 g/mol. The molecule has 0 aliphatic rings. The van der Waals surface area contributed by atoms with Crippen molar-refractivity contribution < 1.29 is 4.79 Å². The van der Waals surface area contributed by atoms with E-state index in [2.05, 4.69) is 9.97 Å². The fourth-order valence-electron chi connectivity index (χ4n) is 1.50. The summed E-state index contributed by atoms with van der Waals surface area (Å²) in [5, 5.41) is 1.10. The van der Waals surface area contributed by atoms with Crippen molar-refractivity contribution in [3.8, 4) is 11.1 Å². The predicted molar refractivity (Wildman–Crippen MR) is 76.6 cm³/mol. The summed E-state index contributed by atoms with van der Waals surface area (Å²) in [6.45, 7) is 1.45. The van der Waals surface area contributed by atoms with Gasteiger partial charge in [0.15, 0.2) is 0 Å². The van der Waals surface area contributed by atoms with Crippen LogP contribution in [0.1, 0.15) is 6.92 Å². The number of anilines is 1. The van der Waals surface area contributed by atoms with E-state index in [0.29, 0.717) is 16.0 Å². The van der Waals surface area contributed by atoms with Crippen LogP contribution in [0.25, 0.3) is 11.1 Å². The molecule has 1 aromatic carbocycles. The van der Waals surface area contributed by atoms with Gasteiger partial charge in [0, 0.05) is 47.5 Å². The number of carbonyl (C=O) groups excluding carboxylic acids is 1. The van der Waals surface area contributed by atoms with Crippen LogP contribution in [0.3, 0.4) is 0 Å². The van der Waals surface area contributed by atoms with Gasteiger partial charge in [0.25, 0.3) is 0 Å². The van der Waals surface area contributed by atoms with E-state index in [0.717, 1.165) is 11.1 Å². The van der Waals surface area contributed by atoms with E-state index in [9.17, 15) is 4.79 Å². The highest BCUT2D eigenvalue weighted by Crippen LogP contribution is 2.29. The number of amides is 1.